The summed E-state index contributed by atoms with van der Waals surface area (Å²) in [5, 5.41) is 15.5. The summed E-state index contributed by atoms with van der Waals surface area (Å²) in [5.74, 6) is 1.15. The van der Waals surface area contributed by atoms with E-state index in [4.69, 9.17) is 0 Å². The van der Waals surface area contributed by atoms with Crippen molar-refractivity contribution in [3.63, 3.8) is 0 Å². The van der Waals surface area contributed by atoms with Gasteiger partial charge in [0.2, 0.25) is 0 Å². The second-order valence-corrected chi connectivity index (χ2v) is 9.78. The number of nitrogens with one attached hydrogen (secondary N) is 3. The molecule has 0 unspecified atom stereocenters. The van der Waals surface area contributed by atoms with Gasteiger partial charge in [0, 0.05) is 61.0 Å². The maximum Gasteiger partial charge on any atom is 0.173 e. The fourth-order valence-corrected chi connectivity index (χ4v) is 5.60. The number of rotatable bonds is 6. The zero-order valence-corrected chi connectivity index (χ0v) is 24.2. The Morgan fingerprint density at radius 2 is 1.74 bits per heavy atom. The molecule has 6 rings (SSSR count). The lowest BCUT2D eigenvalue weighted by molar-refractivity contribution is 0.589. The Balaban J connectivity index is 0.000000845. The van der Waals surface area contributed by atoms with E-state index in [9.17, 15) is 4.39 Å². The standard InChI is InChI=1S/C26H26FN7S.2C2H6/c1-17-14-34-15-19(11-21(27)26(34)29-17)30-25-24-22(31-32-25)12-20(33-9-7-28-8-10-33)13-23(24)35-16-18-5-3-2-4-6-18;2*1-2/h2-6,11-15,28H,7-10,16H2,1H3,(H2,30,31,32);2*1-2H3. The van der Waals surface area contributed by atoms with Crippen LogP contribution in [0.25, 0.3) is 16.6 Å². The Hall–Kier alpha value is -3.56. The topological polar surface area (TPSA) is 73.3 Å². The van der Waals surface area contributed by atoms with Crippen LogP contribution in [0.1, 0.15) is 39.0 Å². The fraction of sp³-hybridized carbons (Fsp3) is 0.333. The number of nitrogens with zero attached hydrogens (tertiary/aromatic N) is 4. The van der Waals surface area contributed by atoms with E-state index in [1.165, 1.54) is 17.3 Å². The number of hydrogen-bond acceptors (Lipinski definition) is 6. The molecule has 3 N–H and O–H groups in total. The van der Waals surface area contributed by atoms with Gasteiger partial charge in [0.05, 0.1) is 22.3 Å². The van der Waals surface area contributed by atoms with Gasteiger partial charge < -0.3 is 19.9 Å². The molecule has 0 spiro atoms. The first-order chi connectivity index (χ1) is 19.1. The highest BCUT2D eigenvalue weighted by atomic mass is 32.2. The van der Waals surface area contributed by atoms with Crippen molar-refractivity contribution < 1.29 is 4.39 Å². The van der Waals surface area contributed by atoms with Gasteiger partial charge in [0.25, 0.3) is 0 Å². The van der Waals surface area contributed by atoms with Crippen molar-refractivity contribution in [2.75, 3.05) is 36.4 Å². The Morgan fingerprint density at radius 1 is 1.00 bits per heavy atom. The van der Waals surface area contributed by atoms with Crippen LogP contribution in [0.3, 0.4) is 0 Å². The molecule has 9 heteroatoms. The van der Waals surface area contributed by atoms with Crippen LogP contribution in [0.4, 0.5) is 21.6 Å². The zero-order chi connectivity index (χ0) is 27.8. The minimum absolute atomic E-state index is 0.319. The first-order valence-corrected chi connectivity index (χ1v) is 14.7. The van der Waals surface area contributed by atoms with E-state index in [0.717, 1.165) is 53.4 Å². The van der Waals surface area contributed by atoms with Crippen LogP contribution in [0, 0.1) is 12.7 Å². The lowest BCUT2D eigenvalue weighted by Gasteiger charge is -2.30. The molecule has 1 aliphatic heterocycles. The number of hydrogen-bond donors (Lipinski definition) is 3. The van der Waals surface area contributed by atoms with E-state index >= 15 is 0 Å². The molecule has 1 aliphatic rings. The third-order valence-electron chi connectivity index (χ3n) is 6.22. The Morgan fingerprint density at radius 3 is 2.49 bits per heavy atom. The van der Waals surface area contributed by atoms with Gasteiger partial charge in [0.1, 0.15) is 0 Å². The number of benzene rings is 2. The number of anilines is 3. The maximum atomic E-state index is 14.7. The van der Waals surface area contributed by atoms with Crippen LogP contribution in [0.5, 0.6) is 0 Å². The van der Waals surface area contributed by atoms with Gasteiger partial charge in [-0.15, -0.1) is 11.8 Å². The molecule has 206 valence electrons. The normalized spacial score (nSPS) is 13.0. The van der Waals surface area contributed by atoms with Crippen molar-refractivity contribution in [3.05, 3.63) is 78.0 Å². The molecule has 0 amide bonds. The summed E-state index contributed by atoms with van der Waals surface area (Å²) in [4.78, 5) is 7.79. The Bertz CT molecular complexity index is 1490. The Kier molecular flexibility index (Phi) is 9.84. The summed E-state index contributed by atoms with van der Waals surface area (Å²) >= 11 is 1.79. The number of thioether (sulfide) groups is 1. The molecule has 5 aromatic rings. The van der Waals surface area contributed by atoms with E-state index < -0.39 is 0 Å². The van der Waals surface area contributed by atoms with Crippen molar-refractivity contribution in [1.29, 1.82) is 0 Å². The Labute approximate surface area is 234 Å². The molecule has 1 fully saturated rings. The molecule has 3 aromatic heterocycles. The van der Waals surface area contributed by atoms with Crippen molar-refractivity contribution in [2.45, 2.75) is 45.3 Å². The first kappa shape index (κ1) is 28.4. The molecule has 7 nitrogen and oxygen atoms in total. The summed E-state index contributed by atoms with van der Waals surface area (Å²) in [6, 6.07) is 16.3. The van der Waals surface area contributed by atoms with Crippen molar-refractivity contribution in [3.8, 4) is 0 Å². The number of aromatic amines is 1. The molecule has 0 bridgehead atoms. The molecular weight excluding hydrogens is 509 g/mol. The van der Waals surface area contributed by atoms with Crippen LogP contribution in [0.15, 0.2) is 65.8 Å². The summed E-state index contributed by atoms with van der Waals surface area (Å²) in [5.41, 5.74) is 5.11. The largest absolute Gasteiger partial charge is 0.369 e. The SMILES string of the molecule is CC.CC.Cc1cn2cc(Nc3n[nH]c4cc(N5CCNCC5)cc(SCc5ccccc5)c34)cc(F)c2n1. The number of pyridine rings is 1. The lowest BCUT2D eigenvalue weighted by atomic mass is 10.2. The number of piperazine rings is 1. The van der Waals surface area contributed by atoms with Gasteiger partial charge in [-0.2, -0.15) is 5.10 Å². The number of imidazole rings is 1. The highest BCUT2D eigenvalue weighted by Gasteiger charge is 2.18. The van der Waals surface area contributed by atoms with Gasteiger partial charge >= 0.3 is 0 Å². The number of aryl methyl sites for hydroxylation is 1. The smallest absolute Gasteiger partial charge is 0.173 e. The zero-order valence-electron chi connectivity index (χ0n) is 23.4. The summed E-state index contributed by atoms with van der Waals surface area (Å²) in [6.45, 7) is 13.7. The highest BCUT2D eigenvalue weighted by molar-refractivity contribution is 7.98. The molecule has 0 aliphatic carbocycles. The van der Waals surface area contributed by atoms with Gasteiger partial charge in [-0.25, -0.2) is 9.37 Å². The van der Waals surface area contributed by atoms with Crippen LogP contribution in [-0.4, -0.2) is 45.8 Å². The van der Waals surface area contributed by atoms with E-state index in [2.05, 4.69) is 67.1 Å². The average Bonchev–Trinajstić information content (AvgIpc) is 3.58. The molecule has 0 saturated carbocycles. The van der Waals surface area contributed by atoms with Crippen molar-refractivity contribution >= 4 is 45.5 Å². The molecular formula is C30H38FN7S. The summed E-state index contributed by atoms with van der Waals surface area (Å²) in [7, 11) is 0. The quantitative estimate of drug-likeness (QED) is 0.196. The summed E-state index contributed by atoms with van der Waals surface area (Å²) < 4.78 is 16.4. The number of fused-ring (bicyclic) bond motifs is 2. The average molecular weight is 548 g/mol. The predicted molar refractivity (Wildman–Crippen MR) is 163 cm³/mol. The first-order valence-electron chi connectivity index (χ1n) is 13.7. The number of aromatic nitrogens is 4. The third kappa shape index (κ3) is 6.54. The van der Waals surface area contributed by atoms with E-state index in [1.54, 1.807) is 16.2 Å². The predicted octanol–water partition coefficient (Wildman–Crippen LogP) is 7.16. The lowest BCUT2D eigenvalue weighted by Crippen LogP contribution is -2.43. The molecule has 1 saturated heterocycles. The van der Waals surface area contributed by atoms with E-state index in [0.29, 0.717) is 17.2 Å². The summed E-state index contributed by atoms with van der Waals surface area (Å²) in [6.07, 6.45) is 3.65. The monoisotopic (exact) mass is 547 g/mol. The third-order valence-corrected chi connectivity index (χ3v) is 7.33. The number of H-pyrrole nitrogens is 1. The fourth-order valence-electron chi connectivity index (χ4n) is 4.54. The van der Waals surface area contributed by atoms with Gasteiger partial charge in [-0.05, 0) is 24.6 Å². The highest BCUT2D eigenvalue weighted by Crippen LogP contribution is 2.38. The van der Waals surface area contributed by atoms with Gasteiger partial charge in [-0.3, -0.25) is 5.10 Å². The van der Waals surface area contributed by atoms with Crippen LogP contribution < -0.4 is 15.5 Å². The second kappa shape index (κ2) is 13.5. The van der Waals surface area contributed by atoms with Crippen LogP contribution in [0.2, 0.25) is 0 Å². The molecule has 2 aromatic carbocycles. The van der Waals surface area contributed by atoms with Gasteiger partial charge in [-0.1, -0.05) is 58.0 Å². The van der Waals surface area contributed by atoms with Crippen LogP contribution in [-0.2, 0) is 5.75 Å². The maximum absolute atomic E-state index is 14.7. The number of halogens is 1. The van der Waals surface area contributed by atoms with Crippen LogP contribution >= 0.6 is 11.8 Å². The molecule has 4 heterocycles. The van der Waals surface area contributed by atoms with Gasteiger partial charge in [0.15, 0.2) is 17.3 Å². The van der Waals surface area contributed by atoms with E-state index in [-0.39, 0.29) is 5.82 Å². The molecule has 39 heavy (non-hydrogen) atoms. The minimum atomic E-state index is -0.373. The van der Waals surface area contributed by atoms with E-state index in [1.807, 2.05) is 53.1 Å². The second-order valence-electron chi connectivity index (χ2n) is 8.76. The minimum Gasteiger partial charge on any atom is -0.369 e. The van der Waals surface area contributed by atoms with Crippen molar-refractivity contribution in [1.82, 2.24) is 24.9 Å². The molecule has 0 radical (unpaired) electrons. The molecule has 0 atom stereocenters. The van der Waals surface area contributed by atoms with Crippen molar-refractivity contribution in [2.24, 2.45) is 0 Å².